The van der Waals surface area contributed by atoms with Gasteiger partial charge in [-0.15, -0.1) is 0 Å². The van der Waals surface area contributed by atoms with E-state index in [1.807, 2.05) is 6.07 Å². The predicted octanol–water partition coefficient (Wildman–Crippen LogP) is 4.11. The molecule has 140 valence electrons. The van der Waals surface area contributed by atoms with Crippen molar-refractivity contribution in [3.63, 3.8) is 0 Å². The Balaban J connectivity index is 1.65. The Labute approximate surface area is 165 Å². The number of carbonyl (C=O) groups is 1. The largest absolute Gasteiger partial charge is 0.481 e. The van der Waals surface area contributed by atoms with Gasteiger partial charge in [-0.3, -0.25) is 4.79 Å². The van der Waals surface area contributed by atoms with Gasteiger partial charge < -0.3 is 15.0 Å². The molecule has 0 fully saturated rings. The zero-order valence-corrected chi connectivity index (χ0v) is 15.7. The molecular formula is C20H16ClN5O2. The number of hydrogen-bond acceptors (Lipinski definition) is 6. The van der Waals surface area contributed by atoms with Crippen LogP contribution in [-0.2, 0) is 6.54 Å². The highest BCUT2D eigenvalue weighted by Crippen LogP contribution is 2.30. The third-order valence-corrected chi connectivity index (χ3v) is 4.49. The zero-order chi connectivity index (χ0) is 19.5. The van der Waals surface area contributed by atoms with Gasteiger partial charge in [0.1, 0.15) is 11.5 Å². The van der Waals surface area contributed by atoms with Crippen molar-refractivity contribution in [3.8, 4) is 17.1 Å². The lowest BCUT2D eigenvalue weighted by Gasteiger charge is -2.09. The summed E-state index contributed by atoms with van der Waals surface area (Å²) in [5.74, 6) is 1.20. The number of hydrogen-bond donors (Lipinski definition) is 2. The minimum absolute atomic E-state index is 0.484. The Morgan fingerprint density at radius 1 is 1.21 bits per heavy atom. The lowest BCUT2D eigenvalue weighted by molar-refractivity contribution is 0.112. The fourth-order valence-electron chi connectivity index (χ4n) is 2.88. The van der Waals surface area contributed by atoms with Crippen molar-refractivity contribution < 1.29 is 9.53 Å². The molecule has 0 aliphatic rings. The van der Waals surface area contributed by atoms with E-state index in [0.717, 1.165) is 22.8 Å². The molecule has 4 heterocycles. The van der Waals surface area contributed by atoms with Crippen LogP contribution in [0, 0.1) is 0 Å². The normalized spacial score (nSPS) is 10.8. The van der Waals surface area contributed by atoms with Crippen molar-refractivity contribution in [2.24, 2.45) is 0 Å². The Hall–Kier alpha value is -3.45. The third-order valence-electron chi connectivity index (χ3n) is 4.29. The second-order valence-electron chi connectivity index (χ2n) is 6.07. The number of pyridine rings is 3. The van der Waals surface area contributed by atoms with Gasteiger partial charge in [-0.25, -0.2) is 15.0 Å². The average Bonchev–Trinajstić information content (AvgIpc) is 3.15. The lowest BCUT2D eigenvalue weighted by atomic mass is 10.1. The van der Waals surface area contributed by atoms with Crippen LogP contribution in [0.15, 0.2) is 48.9 Å². The van der Waals surface area contributed by atoms with E-state index in [1.54, 1.807) is 50.0 Å². The number of anilines is 1. The SMILES string of the molecule is COc1ccc(CNc2ccc(C=O)c(-c3c[nH]c4ncc(Cl)cc34)n2)cn1. The summed E-state index contributed by atoms with van der Waals surface area (Å²) in [6.45, 7) is 0.533. The first kappa shape index (κ1) is 17.9. The maximum Gasteiger partial charge on any atom is 0.212 e. The Morgan fingerprint density at radius 2 is 2.11 bits per heavy atom. The average molecular weight is 394 g/mol. The Kier molecular flexibility index (Phi) is 4.90. The molecule has 2 N–H and O–H groups in total. The van der Waals surface area contributed by atoms with Crippen molar-refractivity contribution in [1.29, 1.82) is 0 Å². The molecule has 0 saturated heterocycles. The van der Waals surface area contributed by atoms with Gasteiger partial charge in [-0.2, -0.15) is 0 Å². The number of halogens is 1. The molecule has 0 amide bonds. The first-order valence-electron chi connectivity index (χ1n) is 8.50. The number of carbonyl (C=O) groups excluding carboxylic acids is 1. The molecule has 0 atom stereocenters. The van der Waals surface area contributed by atoms with Gasteiger partial charge in [-0.1, -0.05) is 17.7 Å². The zero-order valence-electron chi connectivity index (χ0n) is 14.9. The molecule has 4 rings (SSSR count). The van der Waals surface area contributed by atoms with E-state index in [4.69, 9.17) is 16.3 Å². The summed E-state index contributed by atoms with van der Waals surface area (Å²) in [7, 11) is 1.58. The molecule has 4 aromatic heterocycles. The molecule has 0 spiro atoms. The fourth-order valence-corrected chi connectivity index (χ4v) is 3.04. The van der Waals surface area contributed by atoms with Gasteiger partial charge in [0.15, 0.2) is 6.29 Å². The van der Waals surface area contributed by atoms with Crippen molar-refractivity contribution in [3.05, 3.63) is 65.1 Å². The Morgan fingerprint density at radius 3 is 2.86 bits per heavy atom. The van der Waals surface area contributed by atoms with E-state index >= 15 is 0 Å². The maximum atomic E-state index is 11.5. The maximum absolute atomic E-state index is 11.5. The number of nitrogens with zero attached hydrogens (tertiary/aromatic N) is 3. The van der Waals surface area contributed by atoms with E-state index in [-0.39, 0.29) is 0 Å². The summed E-state index contributed by atoms with van der Waals surface area (Å²) >= 11 is 6.09. The fraction of sp³-hybridized carbons (Fsp3) is 0.100. The highest BCUT2D eigenvalue weighted by atomic mass is 35.5. The number of methoxy groups -OCH3 is 1. The van der Waals surface area contributed by atoms with Gasteiger partial charge in [0, 0.05) is 47.7 Å². The van der Waals surface area contributed by atoms with Crippen molar-refractivity contribution in [2.75, 3.05) is 12.4 Å². The number of H-pyrrole nitrogens is 1. The number of aldehydes is 1. The highest BCUT2D eigenvalue weighted by molar-refractivity contribution is 6.31. The first-order valence-corrected chi connectivity index (χ1v) is 8.88. The summed E-state index contributed by atoms with van der Waals surface area (Å²) in [5, 5.41) is 4.57. The molecule has 28 heavy (non-hydrogen) atoms. The minimum atomic E-state index is 0.484. The van der Waals surface area contributed by atoms with Gasteiger partial charge in [0.2, 0.25) is 5.88 Å². The topological polar surface area (TPSA) is 92.8 Å². The lowest BCUT2D eigenvalue weighted by Crippen LogP contribution is -2.03. The molecule has 0 saturated carbocycles. The highest BCUT2D eigenvalue weighted by Gasteiger charge is 2.14. The van der Waals surface area contributed by atoms with Crippen LogP contribution in [0.3, 0.4) is 0 Å². The van der Waals surface area contributed by atoms with Crippen molar-refractivity contribution in [1.82, 2.24) is 19.9 Å². The Bertz CT molecular complexity index is 1140. The molecule has 0 aromatic carbocycles. The molecule has 0 bridgehead atoms. The van der Waals surface area contributed by atoms with Gasteiger partial charge in [0.05, 0.1) is 17.8 Å². The summed E-state index contributed by atoms with van der Waals surface area (Å²) in [6, 6.07) is 9.03. The monoisotopic (exact) mass is 393 g/mol. The van der Waals surface area contributed by atoms with Crippen LogP contribution in [0.4, 0.5) is 5.82 Å². The van der Waals surface area contributed by atoms with Crippen molar-refractivity contribution in [2.45, 2.75) is 6.54 Å². The van der Waals surface area contributed by atoms with E-state index in [2.05, 4.69) is 25.3 Å². The number of nitrogens with one attached hydrogen (secondary N) is 2. The number of aromatic amines is 1. The van der Waals surface area contributed by atoms with Gasteiger partial charge >= 0.3 is 0 Å². The molecule has 0 unspecified atom stereocenters. The summed E-state index contributed by atoms with van der Waals surface area (Å²) in [5.41, 5.74) is 3.47. The van der Waals surface area contributed by atoms with E-state index in [1.165, 1.54) is 0 Å². The number of rotatable bonds is 6. The van der Waals surface area contributed by atoms with Crippen LogP contribution in [0.5, 0.6) is 5.88 Å². The van der Waals surface area contributed by atoms with E-state index in [0.29, 0.717) is 40.2 Å². The minimum Gasteiger partial charge on any atom is -0.481 e. The number of fused-ring (bicyclic) bond motifs is 1. The molecule has 0 aliphatic heterocycles. The second-order valence-corrected chi connectivity index (χ2v) is 6.50. The first-order chi connectivity index (χ1) is 13.7. The van der Waals surface area contributed by atoms with Gasteiger partial charge in [-0.05, 0) is 23.8 Å². The molecular weight excluding hydrogens is 378 g/mol. The number of aromatic nitrogens is 4. The van der Waals surface area contributed by atoms with E-state index < -0.39 is 0 Å². The van der Waals surface area contributed by atoms with Crippen LogP contribution in [0.1, 0.15) is 15.9 Å². The molecule has 4 aromatic rings. The van der Waals surface area contributed by atoms with Gasteiger partial charge in [0.25, 0.3) is 0 Å². The predicted molar refractivity (Wildman–Crippen MR) is 108 cm³/mol. The quantitative estimate of drug-likeness (QED) is 0.479. The van der Waals surface area contributed by atoms with Crippen LogP contribution in [0.2, 0.25) is 5.02 Å². The molecule has 7 nitrogen and oxygen atoms in total. The van der Waals surface area contributed by atoms with Crippen LogP contribution >= 0.6 is 11.6 Å². The smallest absolute Gasteiger partial charge is 0.212 e. The summed E-state index contributed by atoms with van der Waals surface area (Å²) < 4.78 is 5.06. The standard InChI is InChI=1S/C20H16ClN5O2/c1-28-18-5-2-12(8-23-18)7-22-17-4-3-13(11-27)19(26-17)16-10-25-20-15(16)6-14(21)9-24-20/h2-6,8-11H,7H2,1H3,(H,22,26)(H,24,25). The van der Waals surface area contributed by atoms with Crippen LogP contribution in [-0.4, -0.2) is 33.3 Å². The molecule has 0 aliphatic carbocycles. The molecule has 8 heteroatoms. The van der Waals surface area contributed by atoms with Crippen molar-refractivity contribution >= 4 is 34.7 Å². The van der Waals surface area contributed by atoms with Crippen LogP contribution in [0.25, 0.3) is 22.3 Å². The number of ether oxygens (including phenoxy) is 1. The molecule has 0 radical (unpaired) electrons. The van der Waals surface area contributed by atoms with E-state index in [9.17, 15) is 4.79 Å². The second kappa shape index (κ2) is 7.66. The third kappa shape index (κ3) is 3.52. The van der Waals surface area contributed by atoms with Crippen LogP contribution < -0.4 is 10.1 Å². The summed E-state index contributed by atoms with van der Waals surface area (Å²) in [4.78, 5) is 27.7. The summed E-state index contributed by atoms with van der Waals surface area (Å²) in [6.07, 6.45) is 5.87.